The van der Waals surface area contributed by atoms with Gasteiger partial charge in [0.05, 0.1) is 4.88 Å². The molecule has 0 aliphatic carbocycles. The predicted molar refractivity (Wildman–Crippen MR) is 103 cm³/mol. The summed E-state index contributed by atoms with van der Waals surface area (Å²) in [4.78, 5) is 26.0. The average molecular weight is 412 g/mol. The van der Waals surface area contributed by atoms with E-state index in [2.05, 4.69) is 5.32 Å². The van der Waals surface area contributed by atoms with Gasteiger partial charge in [0.15, 0.2) is 0 Å². The number of rotatable bonds is 6. The second kappa shape index (κ2) is 8.77. The lowest BCUT2D eigenvalue weighted by atomic mass is 9.95. The van der Waals surface area contributed by atoms with Crippen molar-refractivity contribution in [2.45, 2.75) is 33.5 Å². The zero-order valence-corrected chi connectivity index (χ0v) is 16.8. The number of benzene rings is 1. The number of carbonyl (C=O) groups is 2. The molecule has 8 heteroatoms. The number of halogens is 3. The van der Waals surface area contributed by atoms with Gasteiger partial charge in [-0.15, -0.1) is 11.3 Å². The van der Waals surface area contributed by atoms with Crippen LogP contribution in [0.5, 0.6) is 0 Å². The number of nitrogens with zero attached hydrogens (tertiary/aromatic N) is 1. The van der Waals surface area contributed by atoms with Crippen LogP contribution >= 0.6 is 11.3 Å². The first-order valence-electron chi connectivity index (χ1n) is 8.71. The summed E-state index contributed by atoms with van der Waals surface area (Å²) in [5.74, 6) is -0.863. The van der Waals surface area contributed by atoms with Gasteiger partial charge in [0, 0.05) is 18.7 Å². The first-order chi connectivity index (χ1) is 12.9. The van der Waals surface area contributed by atoms with Crippen LogP contribution in [0.15, 0.2) is 41.8 Å². The Hall–Kier alpha value is -2.35. The number of hydrogen-bond donors (Lipinski definition) is 1. The molecule has 1 N–H and O–H groups in total. The van der Waals surface area contributed by atoms with Crippen molar-refractivity contribution in [2.24, 2.45) is 5.41 Å². The van der Waals surface area contributed by atoms with E-state index in [-0.39, 0.29) is 24.6 Å². The molecule has 2 aromatic rings. The maximum atomic E-state index is 12.9. The van der Waals surface area contributed by atoms with E-state index in [1.165, 1.54) is 23.5 Å². The normalized spacial score (nSPS) is 11.9. The van der Waals surface area contributed by atoms with E-state index >= 15 is 0 Å². The Morgan fingerprint density at radius 1 is 1.04 bits per heavy atom. The molecule has 0 aliphatic heterocycles. The SMILES string of the molecule is CC(C)(C)CN(CC(F)(F)F)C(=O)c1ccc(CNC(=O)c2cccs2)cc1. The maximum Gasteiger partial charge on any atom is 0.406 e. The third kappa shape index (κ3) is 6.99. The molecule has 0 radical (unpaired) electrons. The summed E-state index contributed by atoms with van der Waals surface area (Å²) >= 11 is 1.33. The topological polar surface area (TPSA) is 49.4 Å². The zero-order chi connectivity index (χ0) is 20.9. The number of nitrogens with one attached hydrogen (secondary N) is 1. The number of hydrogen-bond acceptors (Lipinski definition) is 3. The second-order valence-corrected chi connectivity index (χ2v) is 8.64. The number of carbonyl (C=O) groups excluding carboxylic acids is 2. The van der Waals surface area contributed by atoms with Crippen LogP contribution in [0.4, 0.5) is 13.2 Å². The van der Waals surface area contributed by atoms with Gasteiger partial charge in [0.1, 0.15) is 6.54 Å². The molecule has 1 aromatic heterocycles. The molecule has 0 fully saturated rings. The van der Waals surface area contributed by atoms with Gasteiger partial charge in [-0.05, 0) is 34.6 Å². The first-order valence-corrected chi connectivity index (χ1v) is 9.59. The van der Waals surface area contributed by atoms with Gasteiger partial charge in [0.2, 0.25) is 0 Å². The quantitative estimate of drug-likeness (QED) is 0.746. The fraction of sp³-hybridized carbons (Fsp3) is 0.400. The standard InChI is InChI=1S/C20H23F3N2O2S/c1-19(2,3)12-25(13-20(21,22)23)18(27)15-8-6-14(7-9-15)11-24-17(26)16-5-4-10-28-16/h4-10H,11-13H2,1-3H3,(H,24,26). The lowest BCUT2D eigenvalue weighted by Gasteiger charge is -2.30. The maximum absolute atomic E-state index is 12.9. The Kier molecular flexibility index (Phi) is 6.87. The van der Waals surface area contributed by atoms with Crippen molar-refractivity contribution >= 4 is 23.2 Å². The van der Waals surface area contributed by atoms with Crippen molar-refractivity contribution in [2.75, 3.05) is 13.1 Å². The number of amides is 2. The van der Waals surface area contributed by atoms with Gasteiger partial charge in [-0.25, -0.2) is 0 Å². The first kappa shape index (κ1) is 21.9. The van der Waals surface area contributed by atoms with Gasteiger partial charge in [-0.2, -0.15) is 13.2 Å². The van der Waals surface area contributed by atoms with Crippen LogP contribution in [0, 0.1) is 5.41 Å². The Balaban J connectivity index is 2.04. The second-order valence-electron chi connectivity index (χ2n) is 7.69. The van der Waals surface area contributed by atoms with Gasteiger partial charge in [-0.1, -0.05) is 39.0 Å². The zero-order valence-electron chi connectivity index (χ0n) is 16.0. The molecule has 4 nitrogen and oxygen atoms in total. The minimum absolute atomic E-state index is 0.00995. The highest BCUT2D eigenvalue weighted by atomic mass is 32.1. The van der Waals surface area contributed by atoms with E-state index in [4.69, 9.17) is 0 Å². The molecule has 1 heterocycles. The van der Waals surface area contributed by atoms with Crippen molar-refractivity contribution < 1.29 is 22.8 Å². The van der Waals surface area contributed by atoms with E-state index < -0.39 is 24.0 Å². The highest BCUT2D eigenvalue weighted by molar-refractivity contribution is 7.12. The highest BCUT2D eigenvalue weighted by Crippen LogP contribution is 2.23. The van der Waals surface area contributed by atoms with Gasteiger partial charge >= 0.3 is 6.18 Å². The lowest BCUT2D eigenvalue weighted by molar-refractivity contribution is -0.142. The Bertz CT molecular complexity index is 778. The molecule has 0 spiro atoms. The summed E-state index contributed by atoms with van der Waals surface area (Å²) in [6, 6.07) is 9.73. The molecule has 0 bridgehead atoms. The molecule has 152 valence electrons. The van der Waals surface area contributed by atoms with Crippen LogP contribution < -0.4 is 5.32 Å². The van der Waals surface area contributed by atoms with E-state index in [0.717, 1.165) is 10.5 Å². The average Bonchev–Trinajstić information content (AvgIpc) is 3.11. The summed E-state index contributed by atoms with van der Waals surface area (Å²) in [6.07, 6.45) is -4.47. The van der Waals surface area contributed by atoms with E-state index in [1.54, 1.807) is 50.4 Å². The van der Waals surface area contributed by atoms with Gasteiger partial charge < -0.3 is 10.2 Å². The fourth-order valence-electron chi connectivity index (χ4n) is 2.61. The molecule has 2 amide bonds. The smallest absolute Gasteiger partial charge is 0.347 e. The van der Waals surface area contributed by atoms with Crippen LogP contribution in [0.25, 0.3) is 0 Å². The molecule has 0 aliphatic rings. The monoisotopic (exact) mass is 412 g/mol. The summed E-state index contributed by atoms with van der Waals surface area (Å²) in [5, 5.41) is 4.57. The summed E-state index contributed by atoms with van der Waals surface area (Å²) in [5.41, 5.74) is 0.467. The highest BCUT2D eigenvalue weighted by Gasteiger charge is 2.35. The lowest BCUT2D eigenvalue weighted by Crippen LogP contribution is -2.43. The van der Waals surface area contributed by atoms with E-state index in [9.17, 15) is 22.8 Å². The van der Waals surface area contributed by atoms with Crippen LogP contribution in [-0.4, -0.2) is 36.0 Å². The molecular formula is C20H23F3N2O2S. The van der Waals surface area contributed by atoms with Crippen molar-refractivity contribution in [3.63, 3.8) is 0 Å². The third-order valence-electron chi connectivity index (χ3n) is 3.72. The molecule has 1 aromatic carbocycles. The molecule has 28 heavy (non-hydrogen) atoms. The number of thiophene rings is 1. The van der Waals surface area contributed by atoms with Crippen LogP contribution in [0.2, 0.25) is 0 Å². The molecular weight excluding hydrogens is 389 g/mol. The number of alkyl halides is 3. The Morgan fingerprint density at radius 2 is 1.68 bits per heavy atom. The molecule has 0 atom stereocenters. The third-order valence-corrected chi connectivity index (χ3v) is 4.59. The van der Waals surface area contributed by atoms with E-state index in [0.29, 0.717) is 4.88 Å². The summed E-state index contributed by atoms with van der Waals surface area (Å²) in [7, 11) is 0. The van der Waals surface area contributed by atoms with Crippen LogP contribution in [-0.2, 0) is 6.54 Å². The minimum atomic E-state index is -4.47. The van der Waals surface area contributed by atoms with Crippen molar-refractivity contribution in [1.29, 1.82) is 0 Å². The molecule has 0 saturated heterocycles. The minimum Gasteiger partial charge on any atom is -0.347 e. The van der Waals surface area contributed by atoms with E-state index in [1.807, 2.05) is 0 Å². The molecule has 0 unspecified atom stereocenters. The van der Waals surface area contributed by atoms with Crippen molar-refractivity contribution in [3.05, 3.63) is 57.8 Å². The largest absolute Gasteiger partial charge is 0.406 e. The molecule has 2 rings (SSSR count). The van der Waals surface area contributed by atoms with Gasteiger partial charge in [-0.3, -0.25) is 9.59 Å². The molecule has 0 saturated carbocycles. The summed E-state index contributed by atoms with van der Waals surface area (Å²) < 4.78 is 38.6. The van der Waals surface area contributed by atoms with Crippen molar-refractivity contribution in [1.82, 2.24) is 10.2 Å². The van der Waals surface area contributed by atoms with Crippen molar-refractivity contribution in [3.8, 4) is 0 Å². The fourth-order valence-corrected chi connectivity index (χ4v) is 3.25. The summed E-state index contributed by atoms with van der Waals surface area (Å²) in [6.45, 7) is 4.31. The van der Waals surface area contributed by atoms with Crippen LogP contribution in [0.1, 0.15) is 46.4 Å². The van der Waals surface area contributed by atoms with Gasteiger partial charge in [0.25, 0.3) is 11.8 Å². The Morgan fingerprint density at radius 3 is 2.18 bits per heavy atom. The Labute approximate surface area is 166 Å². The van der Waals surface area contributed by atoms with Crippen LogP contribution in [0.3, 0.4) is 0 Å². The predicted octanol–water partition coefficient (Wildman–Crippen LogP) is 4.73.